The largest absolute Gasteiger partial charge is 0.338 e. The van der Waals surface area contributed by atoms with Gasteiger partial charge in [-0.1, -0.05) is 19.3 Å². The highest BCUT2D eigenvalue weighted by atomic mass is 16.2. The molecule has 5 nitrogen and oxygen atoms in total. The Hall–Kier alpha value is -1.49. The number of hydrogen-bond donors (Lipinski definition) is 0. The molecular formula is C19H28N4O. The smallest absolute Gasteiger partial charge is 0.225 e. The molecule has 3 aliphatic rings. The van der Waals surface area contributed by atoms with E-state index >= 15 is 0 Å². The minimum Gasteiger partial charge on any atom is -0.338 e. The molecule has 0 aromatic carbocycles. The second-order valence-corrected chi connectivity index (χ2v) is 7.79. The molecule has 0 spiro atoms. The lowest BCUT2D eigenvalue weighted by Gasteiger charge is -2.32. The van der Waals surface area contributed by atoms with E-state index in [1.165, 1.54) is 25.0 Å². The van der Waals surface area contributed by atoms with Gasteiger partial charge in [0.25, 0.3) is 0 Å². The number of carbonyl (C=O) groups excluding carboxylic acids is 1. The van der Waals surface area contributed by atoms with E-state index in [1.807, 2.05) is 11.1 Å². The minimum atomic E-state index is 0.259. The highest BCUT2D eigenvalue weighted by Crippen LogP contribution is 2.29. The first kappa shape index (κ1) is 16.0. The lowest BCUT2D eigenvalue weighted by molar-refractivity contribution is -0.137. The Morgan fingerprint density at radius 3 is 2.75 bits per heavy atom. The van der Waals surface area contributed by atoms with E-state index in [9.17, 15) is 4.79 Å². The van der Waals surface area contributed by atoms with Gasteiger partial charge in [0.05, 0.1) is 5.69 Å². The van der Waals surface area contributed by atoms with Crippen molar-refractivity contribution < 1.29 is 4.79 Å². The molecule has 4 rings (SSSR count). The van der Waals surface area contributed by atoms with E-state index in [0.29, 0.717) is 18.4 Å². The van der Waals surface area contributed by atoms with Crippen molar-refractivity contribution in [1.82, 2.24) is 19.8 Å². The molecule has 1 saturated heterocycles. The van der Waals surface area contributed by atoms with Gasteiger partial charge in [-0.15, -0.1) is 0 Å². The van der Waals surface area contributed by atoms with Crippen LogP contribution >= 0.6 is 0 Å². The zero-order valence-electron chi connectivity index (χ0n) is 14.7. The van der Waals surface area contributed by atoms with Gasteiger partial charge in [-0.2, -0.15) is 0 Å². The van der Waals surface area contributed by atoms with Crippen molar-refractivity contribution in [1.29, 1.82) is 0 Å². The topological polar surface area (TPSA) is 49.3 Å². The molecule has 24 heavy (non-hydrogen) atoms. The number of amides is 1. The van der Waals surface area contributed by atoms with Gasteiger partial charge < -0.3 is 9.80 Å². The maximum Gasteiger partial charge on any atom is 0.225 e. The SMILES string of the molecule is CN1CC[C@H](c2ncc3c(n2)CCN(C(=O)C2CCCCC2)C3)C1. The van der Waals surface area contributed by atoms with Crippen LogP contribution in [0.15, 0.2) is 6.20 Å². The fraction of sp³-hybridized carbons (Fsp3) is 0.737. The van der Waals surface area contributed by atoms with E-state index in [4.69, 9.17) is 4.98 Å². The zero-order chi connectivity index (χ0) is 16.5. The second-order valence-electron chi connectivity index (χ2n) is 7.79. The van der Waals surface area contributed by atoms with Crippen LogP contribution in [0, 0.1) is 5.92 Å². The molecule has 1 amide bonds. The molecular weight excluding hydrogens is 300 g/mol. The minimum absolute atomic E-state index is 0.259. The molecule has 3 heterocycles. The second kappa shape index (κ2) is 6.79. The molecule has 2 aliphatic heterocycles. The molecule has 0 unspecified atom stereocenters. The van der Waals surface area contributed by atoms with Crippen LogP contribution in [0.25, 0.3) is 0 Å². The van der Waals surface area contributed by atoms with Crippen LogP contribution in [-0.2, 0) is 17.8 Å². The fourth-order valence-corrected chi connectivity index (χ4v) is 4.47. The molecule has 0 bridgehead atoms. The molecule has 130 valence electrons. The van der Waals surface area contributed by atoms with Crippen molar-refractivity contribution in [3.05, 3.63) is 23.3 Å². The Labute approximate surface area is 144 Å². The quantitative estimate of drug-likeness (QED) is 0.836. The zero-order valence-corrected chi connectivity index (χ0v) is 14.7. The summed E-state index contributed by atoms with van der Waals surface area (Å²) in [5, 5.41) is 0. The summed E-state index contributed by atoms with van der Waals surface area (Å²) in [6, 6.07) is 0. The average Bonchev–Trinajstić information content (AvgIpc) is 3.07. The average molecular weight is 328 g/mol. The highest BCUT2D eigenvalue weighted by molar-refractivity contribution is 5.79. The third kappa shape index (κ3) is 3.18. The van der Waals surface area contributed by atoms with Crippen molar-refractivity contribution in [2.45, 2.75) is 57.4 Å². The summed E-state index contributed by atoms with van der Waals surface area (Å²) in [5.41, 5.74) is 2.32. The van der Waals surface area contributed by atoms with Gasteiger partial charge in [-0.25, -0.2) is 9.97 Å². The van der Waals surface area contributed by atoms with Crippen molar-refractivity contribution in [3.63, 3.8) is 0 Å². The molecule has 1 aromatic heterocycles. The van der Waals surface area contributed by atoms with Crippen LogP contribution in [0.5, 0.6) is 0 Å². The molecule has 5 heteroatoms. The predicted molar refractivity (Wildman–Crippen MR) is 92.6 cm³/mol. The lowest BCUT2D eigenvalue weighted by Crippen LogP contribution is -2.40. The number of fused-ring (bicyclic) bond motifs is 1. The predicted octanol–water partition coefficient (Wildman–Crippen LogP) is 2.36. The summed E-state index contributed by atoms with van der Waals surface area (Å²) in [5.74, 6) is 2.10. The number of likely N-dealkylation sites (N-methyl/N-ethyl adjacent to an activating group) is 1. The van der Waals surface area contributed by atoms with Gasteiger partial charge in [0.15, 0.2) is 0 Å². The first-order valence-corrected chi connectivity index (χ1v) is 9.53. The van der Waals surface area contributed by atoms with Gasteiger partial charge in [-0.05, 0) is 32.9 Å². The monoisotopic (exact) mass is 328 g/mol. The standard InChI is InChI=1S/C19H28N4O/c1-22-9-7-15(12-22)18-20-11-16-13-23(10-8-17(16)21-18)19(24)14-5-3-2-4-6-14/h11,14-15H,2-10,12-13H2,1H3/t15-/m0/s1. The van der Waals surface area contributed by atoms with Crippen molar-refractivity contribution >= 4 is 5.91 Å². The highest BCUT2D eigenvalue weighted by Gasteiger charge is 2.30. The Morgan fingerprint density at radius 1 is 1.17 bits per heavy atom. The van der Waals surface area contributed by atoms with Crippen LogP contribution in [0.1, 0.15) is 61.5 Å². The maximum atomic E-state index is 12.8. The number of likely N-dealkylation sites (tertiary alicyclic amines) is 1. The van der Waals surface area contributed by atoms with Gasteiger partial charge in [0.2, 0.25) is 5.91 Å². The van der Waals surface area contributed by atoms with Crippen molar-refractivity contribution in [2.75, 3.05) is 26.7 Å². The Balaban J connectivity index is 1.44. The summed E-state index contributed by atoms with van der Waals surface area (Å²) < 4.78 is 0. The van der Waals surface area contributed by atoms with Crippen molar-refractivity contribution in [2.24, 2.45) is 5.92 Å². The van der Waals surface area contributed by atoms with E-state index in [0.717, 1.165) is 56.7 Å². The Bertz CT molecular complexity index is 611. The maximum absolute atomic E-state index is 12.8. The number of carbonyl (C=O) groups is 1. The van der Waals surface area contributed by atoms with Crippen molar-refractivity contribution in [3.8, 4) is 0 Å². The fourth-order valence-electron chi connectivity index (χ4n) is 4.47. The van der Waals surface area contributed by atoms with Gasteiger partial charge in [-0.3, -0.25) is 4.79 Å². The molecule has 1 saturated carbocycles. The molecule has 1 aromatic rings. The van der Waals surface area contributed by atoms with Gasteiger partial charge in [0.1, 0.15) is 5.82 Å². The van der Waals surface area contributed by atoms with Crippen LogP contribution in [-0.4, -0.2) is 52.4 Å². The summed E-state index contributed by atoms with van der Waals surface area (Å²) in [6.45, 7) is 3.72. The van der Waals surface area contributed by atoms with Crippen LogP contribution in [0.4, 0.5) is 0 Å². The third-order valence-electron chi connectivity index (χ3n) is 5.98. The number of hydrogen-bond acceptors (Lipinski definition) is 4. The van der Waals surface area contributed by atoms with E-state index in [-0.39, 0.29) is 5.92 Å². The lowest BCUT2D eigenvalue weighted by atomic mass is 9.88. The molecule has 1 aliphatic carbocycles. The Morgan fingerprint density at radius 2 is 2.00 bits per heavy atom. The molecule has 2 fully saturated rings. The van der Waals surface area contributed by atoms with Crippen LogP contribution < -0.4 is 0 Å². The first-order chi connectivity index (χ1) is 11.7. The summed E-state index contributed by atoms with van der Waals surface area (Å²) in [7, 11) is 2.16. The van der Waals surface area contributed by atoms with E-state index in [1.54, 1.807) is 0 Å². The summed E-state index contributed by atoms with van der Waals surface area (Å²) >= 11 is 0. The molecule has 0 radical (unpaired) electrons. The van der Waals surface area contributed by atoms with E-state index < -0.39 is 0 Å². The normalized spacial score (nSPS) is 25.7. The molecule has 1 atom stereocenters. The first-order valence-electron chi connectivity index (χ1n) is 9.53. The van der Waals surface area contributed by atoms with E-state index in [2.05, 4.69) is 16.9 Å². The summed E-state index contributed by atoms with van der Waals surface area (Å²) in [6.07, 6.45) is 9.88. The van der Waals surface area contributed by atoms with Gasteiger partial charge >= 0.3 is 0 Å². The Kier molecular flexibility index (Phi) is 4.53. The molecule has 0 N–H and O–H groups in total. The number of rotatable bonds is 2. The summed E-state index contributed by atoms with van der Waals surface area (Å²) in [4.78, 5) is 26.6. The number of nitrogens with zero attached hydrogens (tertiary/aromatic N) is 4. The third-order valence-corrected chi connectivity index (χ3v) is 5.98. The van der Waals surface area contributed by atoms with Crippen LogP contribution in [0.3, 0.4) is 0 Å². The number of aromatic nitrogens is 2. The van der Waals surface area contributed by atoms with Gasteiger partial charge in [0, 0.05) is 49.7 Å². The van der Waals surface area contributed by atoms with Crippen LogP contribution in [0.2, 0.25) is 0 Å².